The SMILES string of the molecule is CC(C)CCS(=O)(=O)CC1CCCN1. The zero-order chi connectivity index (χ0) is 10.6. The molecular weight excluding hydrogens is 198 g/mol. The van der Waals surface area contributed by atoms with Gasteiger partial charge in [0.05, 0.1) is 11.5 Å². The third-order valence-corrected chi connectivity index (χ3v) is 4.39. The molecule has 1 fully saturated rings. The summed E-state index contributed by atoms with van der Waals surface area (Å²) in [5, 5.41) is 3.22. The summed E-state index contributed by atoms with van der Waals surface area (Å²) in [7, 11) is -2.82. The fraction of sp³-hybridized carbons (Fsp3) is 1.00. The van der Waals surface area contributed by atoms with E-state index in [4.69, 9.17) is 0 Å². The molecule has 1 saturated heterocycles. The molecule has 3 nitrogen and oxygen atoms in total. The van der Waals surface area contributed by atoms with Gasteiger partial charge in [0.2, 0.25) is 0 Å². The predicted molar refractivity (Wildman–Crippen MR) is 59.1 cm³/mol. The Hall–Kier alpha value is -0.0900. The van der Waals surface area contributed by atoms with Crippen molar-refractivity contribution >= 4 is 9.84 Å². The Kier molecular flexibility index (Phi) is 4.38. The summed E-state index contributed by atoms with van der Waals surface area (Å²) >= 11 is 0. The molecule has 1 atom stereocenters. The average molecular weight is 219 g/mol. The summed E-state index contributed by atoms with van der Waals surface area (Å²) in [5.41, 5.74) is 0. The maximum atomic E-state index is 11.7. The first-order valence-corrected chi connectivity index (χ1v) is 7.25. The maximum Gasteiger partial charge on any atom is 0.151 e. The summed E-state index contributed by atoms with van der Waals surface area (Å²) in [6.45, 7) is 5.09. The maximum absolute atomic E-state index is 11.7. The lowest BCUT2D eigenvalue weighted by Crippen LogP contribution is -2.31. The van der Waals surface area contributed by atoms with E-state index < -0.39 is 9.84 Å². The number of nitrogens with one attached hydrogen (secondary N) is 1. The molecule has 1 aliphatic heterocycles. The van der Waals surface area contributed by atoms with E-state index in [0.717, 1.165) is 25.8 Å². The van der Waals surface area contributed by atoms with E-state index in [1.54, 1.807) is 0 Å². The van der Waals surface area contributed by atoms with Gasteiger partial charge in [0.25, 0.3) is 0 Å². The molecule has 1 aliphatic rings. The highest BCUT2D eigenvalue weighted by Gasteiger charge is 2.21. The van der Waals surface area contributed by atoms with Crippen LogP contribution < -0.4 is 5.32 Å². The Morgan fingerprint density at radius 2 is 2.14 bits per heavy atom. The predicted octanol–water partition coefficient (Wildman–Crippen LogP) is 1.20. The summed E-state index contributed by atoms with van der Waals surface area (Å²) in [4.78, 5) is 0. The fourth-order valence-corrected chi connectivity index (χ4v) is 3.60. The minimum Gasteiger partial charge on any atom is -0.313 e. The lowest BCUT2D eigenvalue weighted by molar-refractivity contribution is 0.560. The molecule has 0 aliphatic carbocycles. The molecule has 1 rings (SSSR count). The van der Waals surface area contributed by atoms with E-state index in [9.17, 15) is 8.42 Å². The normalized spacial score (nSPS) is 23.2. The van der Waals surface area contributed by atoms with Gasteiger partial charge in [-0.1, -0.05) is 13.8 Å². The molecule has 0 bridgehead atoms. The van der Waals surface area contributed by atoms with Gasteiger partial charge in [0, 0.05) is 6.04 Å². The molecule has 1 heterocycles. The van der Waals surface area contributed by atoms with Crippen molar-refractivity contribution in [3.05, 3.63) is 0 Å². The summed E-state index contributed by atoms with van der Waals surface area (Å²) < 4.78 is 23.3. The fourth-order valence-electron chi connectivity index (χ4n) is 1.70. The molecular formula is C10H21NO2S. The molecule has 14 heavy (non-hydrogen) atoms. The Bertz CT molecular complexity index is 253. The van der Waals surface area contributed by atoms with Gasteiger partial charge >= 0.3 is 0 Å². The van der Waals surface area contributed by atoms with Crippen LogP contribution in [0.4, 0.5) is 0 Å². The molecule has 1 unspecified atom stereocenters. The molecule has 0 amide bonds. The zero-order valence-corrected chi connectivity index (χ0v) is 9.94. The molecule has 0 saturated carbocycles. The van der Waals surface area contributed by atoms with Crippen molar-refractivity contribution in [3.63, 3.8) is 0 Å². The third-order valence-electron chi connectivity index (χ3n) is 2.62. The first-order chi connectivity index (χ1) is 6.49. The van der Waals surface area contributed by atoms with Crippen LogP contribution in [0.3, 0.4) is 0 Å². The molecule has 0 aromatic heterocycles. The second kappa shape index (κ2) is 5.12. The topological polar surface area (TPSA) is 46.2 Å². The number of sulfone groups is 1. The van der Waals surface area contributed by atoms with Gasteiger partial charge in [-0.2, -0.15) is 0 Å². The van der Waals surface area contributed by atoms with Gasteiger partial charge in [-0.25, -0.2) is 8.42 Å². The molecule has 0 spiro atoms. The first kappa shape index (κ1) is 12.0. The Balaban J connectivity index is 2.33. The van der Waals surface area contributed by atoms with Crippen molar-refractivity contribution in [1.82, 2.24) is 5.32 Å². The van der Waals surface area contributed by atoms with Crippen LogP contribution in [0.2, 0.25) is 0 Å². The van der Waals surface area contributed by atoms with Gasteiger partial charge in [-0.3, -0.25) is 0 Å². The van der Waals surface area contributed by atoms with E-state index in [-0.39, 0.29) is 6.04 Å². The summed E-state index contributed by atoms with van der Waals surface area (Å²) in [6.07, 6.45) is 2.92. The Labute approximate surface area is 87.2 Å². The highest BCUT2D eigenvalue weighted by Crippen LogP contribution is 2.10. The average Bonchev–Trinajstić information content (AvgIpc) is 2.53. The summed E-state index contributed by atoms with van der Waals surface area (Å²) in [6, 6.07) is 0.215. The van der Waals surface area contributed by atoms with Crippen molar-refractivity contribution in [2.75, 3.05) is 18.1 Å². The largest absolute Gasteiger partial charge is 0.313 e. The van der Waals surface area contributed by atoms with Crippen molar-refractivity contribution in [2.45, 2.75) is 39.2 Å². The highest BCUT2D eigenvalue weighted by molar-refractivity contribution is 7.91. The van der Waals surface area contributed by atoms with Crippen molar-refractivity contribution in [3.8, 4) is 0 Å². The van der Waals surface area contributed by atoms with Gasteiger partial charge in [-0.05, 0) is 31.7 Å². The second-order valence-corrected chi connectivity index (χ2v) is 6.82. The monoisotopic (exact) mass is 219 g/mol. The lowest BCUT2D eigenvalue weighted by atomic mass is 10.2. The number of rotatable bonds is 5. The number of hydrogen-bond donors (Lipinski definition) is 1. The van der Waals surface area contributed by atoms with Gasteiger partial charge in [0.1, 0.15) is 0 Å². The Morgan fingerprint density at radius 3 is 2.64 bits per heavy atom. The molecule has 0 aromatic carbocycles. The van der Waals surface area contributed by atoms with E-state index in [0.29, 0.717) is 17.4 Å². The van der Waals surface area contributed by atoms with Gasteiger partial charge in [-0.15, -0.1) is 0 Å². The van der Waals surface area contributed by atoms with Crippen LogP contribution in [0.15, 0.2) is 0 Å². The van der Waals surface area contributed by atoms with Gasteiger partial charge in [0.15, 0.2) is 9.84 Å². The molecule has 84 valence electrons. The minimum atomic E-state index is -2.82. The smallest absolute Gasteiger partial charge is 0.151 e. The van der Waals surface area contributed by atoms with Crippen LogP contribution in [0.1, 0.15) is 33.1 Å². The van der Waals surface area contributed by atoms with Crippen LogP contribution >= 0.6 is 0 Å². The van der Waals surface area contributed by atoms with Crippen LogP contribution in [0.25, 0.3) is 0 Å². The lowest BCUT2D eigenvalue weighted by Gasteiger charge is -2.11. The van der Waals surface area contributed by atoms with Crippen molar-refractivity contribution in [2.24, 2.45) is 5.92 Å². The standard InChI is InChI=1S/C10H21NO2S/c1-9(2)5-7-14(12,13)8-10-4-3-6-11-10/h9-11H,3-8H2,1-2H3. The zero-order valence-electron chi connectivity index (χ0n) is 9.12. The van der Waals surface area contributed by atoms with E-state index >= 15 is 0 Å². The van der Waals surface area contributed by atoms with Crippen LogP contribution in [-0.2, 0) is 9.84 Å². The quantitative estimate of drug-likeness (QED) is 0.756. The molecule has 0 aromatic rings. The van der Waals surface area contributed by atoms with E-state index in [1.807, 2.05) is 0 Å². The molecule has 0 radical (unpaired) electrons. The van der Waals surface area contributed by atoms with Crippen LogP contribution in [0, 0.1) is 5.92 Å². The third kappa shape index (κ3) is 4.42. The van der Waals surface area contributed by atoms with Gasteiger partial charge < -0.3 is 5.32 Å². The second-order valence-electron chi connectivity index (χ2n) is 4.59. The summed E-state index contributed by atoms with van der Waals surface area (Å²) in [5.74, 6) is 1.16. The highest BCUT2D eigenvalue weighted by atomic mass is 32.2. The van der Waals surface area contributed by atoms with Crippen LogP contribution in [-0.4, -0.2) is 32.5 Å². The van der Waals surface area contributed by atoms with Crippen molar-refractivity contribution in [1.29, 1.82) is 0 Å². The van der Waals surface area contributed by atoms with Crippen LogP contribution in [0.5, 0.6) is 0 Å². The number of hydrogen-bond acceptors (Lipinski definition) is 3. The van der Waals surface area contributed by atoms with Crippen molar-refractivity contribution < 1.29 is 8.42 Å². The molecule has 1 N–H and O–H groups in total. The Morgan fingerprint density at radius 1 is 1.43 bits per heavy atom. The van der Waals surface area contributed by atoms with E-state index in [2.05, 4.69) is 19.2 Å². The van der Waals surface area contributed by atoms with E-state index in [1.165, 1.54) is 0 Å². The minimum absolute atomic E-state index is 0.215. The molecule has 4 heteroatoms. The first-order valence-electron chi connectivity index (χ1n) is 5.43.